The van der Waals surface area contributed by atoms with E-state index in [1.54, 1.807) is 0 Å². The highest BCUT2D eigenvalue weighted by atomic mass is 31.2. The molecule has 0 atom stereocenters. The molecule has 0 saturated carbocycles. The number of carboxylic acids is 1. The zero-order chi connectivity index (χ0) is 13.4. The summed E-state index contributed by atoms with van der Waals surface area (Å²) in [4.78, 5) is 10.8. The molecule has 1 aromatic rings. The third-order valence-electron chi connectivity index (χ3n) is 1.82. The second-order valence-corrected chi connectivity index (χ2v) is 6.96. The average Bonchev–Trinajstić information content (AvgIpc) is 2.43. The monoisotopic (exact) mass is 270 g/mol. The van der Waals surface area contributed by atoms with Gasteiger partial charge in [0.05, 0.1) is 0 Å². The quantitative estimate of drug-likeness (QED) is 0.842. The number of carboxylic acid groups (broad SMARTS) is 1. The number of aromatic carboxylic acids is 1. The molecule has 0 fully saturated rings. The molecule has 0 unspecified atom stereocenters. The summed E-state index contributed by atoms with van der Waals surface area (Å²) in [6.45, 7) is 1.09. The van der Waals surface area contributed by atoms with Crippen LogP contribution in [0.25, 0.3) is 0 Å². The van der Waals surface area contributed by atoms with Crippen LogP contribution in [0, 0.1) is 0 Å². The molecule has 1 heterocycles. The van der Waals surface area contributed by atoms with Crippen LogP contribution in [-0.4, -0.2) is 40.4 Å². The molecule has 0 spiro atoms. The first-order valence-electron chi connectivity index (χ1n) is 4.44. The fourth-order valence-corrected chi connectivity index (χ4v) is 2.29. The molecule has 96 valence electrons. The van der Waals surface area contributed by atoms with E-state index >= 15 is 0 Å². The topological polar surface area (TPSA) is 72.2 Å². The van der Waals surface area contributed by atoms with Crippen molar-refractivity contribution in [3.05, 3.63) is 11.8 Å². The van der Waals surface area contributed by atoms with Gasteiger partial charge in [0.2, 0.25) is 0 Å². The fourth-order valence-electron chi connectivity index (χ4n) is 1.22. The molecule has 1 aromatic heterocycles. The van der Waals surface area contributed by atoms with Gasteiger partial charge in [-0.15, -0.1) is 0 Å². The van der Waals surface area contributed by atoms with Crippen molar-refractivity contribution in [2.24, 2.45) is 0 Å². The Kier molecular flexibility index (Phi) is 3.38. The predicted octanol–water partition coefficient (Wildman–Crippen LogP) is 1.39. The molecular weight excluding hydrogens is 260 g/mol. The Labute approximate surface area is 94.6 Å². The molecule has 0 aromatic carbocycles. The van der Waals surface area contributed by atoms with Crippen molar-refractivity contribution >= 4 is 18.5 Å². The van der Waals surface area contributed by atoms with Gasteiger partial charge >= 0.3 is 12.1 Å². The van der Waals surface area contributed by atoms with E-state index in [0.29, 0.717) is 4.68 Å². The van der Waals surface area contributed by atoms with Gasteiger partial charge in [-0.1, -0.05) is 0 Å². The lowest BCUT2D eigenvalue weighted by molar-refractivity contribution is -0.142. The Morgan fingerprint density at radius 1 is 1.53 bits per heavy atom. The number of carbonyl (C=O) groups is 1. The summed E-state index contributed by atoms with van der Waals surface area (Å²) in [6.07, 6.45) is -3.77. The van der Waals surface area contributed by atoms with Crippen molar-refractivity contribution < 1.29 is 27.6 Å². The third kappa shape index (κ3) is 3.59. The smallest absolute Gasteiger partial charge is 0.408 e. The zero-order valence-electron chi connectivity index (χ0n) is 9.02. The second-order valence-electron chi connectivity index (χ2n) is 3.84. The van der Waals surface area contributed by atoms with Crippen LogP contribution in [0.4, 0.5) is 13.2 Å². The minimum Gasteiger partial charge on any atom is -0.478 e. The van der Waals surface area contributed by atoms with E-state index in [1.807, 2.05) is 0 Å². The van der Waals surface area contributed by atoms with Crippen molar-refractivity contribution in [1.82, 2.24) is 9.78 Å². The largest absolute Gasteiger partial charge is 0.478 e. The Balaban J connectivity index is 3.23. The Bertz CT molecular complexity index is 489. The van der Waals surface area contributed by atoms with E-state index < -0.39 is 31.4 Å². The van der Waals surface area contributed by atoms with Gasteiger partial charge in [0, 0.05) is 6.20 Å². The molecule has 0 saturated heterocycles. The molecule has 0 aliphatic heterocycles. The summed E-state index contributed by atoms with van der Waals surface area (Å²) in [5.41, 5.74) is -0.753. The maximum Gasteiger partial charge on any atom is 0.408 e. The van der Waals surface area contributed by atoms with Crippen molar-refractivity contribution in [1.29, 1.82) is 0 Å². The zero-order valence-corrected chi connectivity index (χ0v) is 9.92. The van der Waals surface area contributed by atoms with Crippen molar-refractivity contribution in [3.63, 3.8) is 0 Å². The summed E-state index contributed by atoms with van der Waals surface area (Å²) in [5, 5.41) is 12.2. The Morgan fingerprint density at radius 3 is 2.35 bits per heavy atom. The van der Waals surface area contributed by atoms with Crippen LogP contribution in [0.15, 0.2) is 6.20 Å². The number of rotatable bonds is 3. The molecule has 9 heteroatoms. The number of hydrogen-bond donors (Lipinski definition) is 1. The van der Waals surface area contributed by atoms with Crippen LogP contribution in [-0.2, 0) is 11.1 Å². The highest BCUT2D eigenvalue weighted by molar-refractivity contribution is 7.70. The van der Waals surface area contributed by atoms with E-state index in [4.69, 9.17) is 5.11 Å². The van der Waals surface area contributed by atoms with Crippen LogP contribution in [0.2, 0.25) is 0 Å². The van der Waals surface area contributed by atoms with Crippen molar-refractivity contribution in [2.75, 3.05) is 13.3 Å². The summed E-state index contributed by atoms with van der Waals surface area (Å²) in [6, 6.07) is 0. The van der Waals surface area contributed by atoms with Crippen LogP contribution in [0.5, 0.6) is 0 Å². The van der Waals surface area contributed by atoms with Gasteiger partial charge in [0.25, 0.3) is 0 Å². The fraction of sp³-hybridized carbons (Fsp3) is 0.500. The summed E-state index contributed by atoms with van der Waals surface area (Å²) >= 11 is 0. The van der Waals surface area contributed by atoms with Crippen LogP contribution >= 0.6 is 7.14 Å². The lowest BCUT2D eigenvalue weighted by atomic mass is 10.4. The lowest BCUT2D eigenvalue weighted by Gasteiger charge is -2.06. The number of hydrogen-bond acceptors (Lipinski definition) is 3. The molecule has 0 aliphatic carbocycles. The van der Waals surface area contributed by atoms with Gasteiger partial charge in [0.1, 0.15) is 24.7 Å². The number of nitrogens with zero attached hydrogens (tertiary/aromatic N) is 2. The molecule has 0 radical (unpaired) electrons. The average molecular weight is 270 g/mol. The highest BCUT2D eigenvalue weighted by Crippen LogP contribution is 2.35. The van der Waals surface area contributed by atoms with Crippen molar-refractivity contribution in [3.8, 4) is 0 Å². The number of halogens is 3. The van der Waals surface area contributed by atoms with Crippen LogP contribution < -0.4 is 5.44 Å². The van der Waals surface area contributed by atoms with Crippen molar-refractivity contribution in [2.45, 2.75) is 12.7 Å². The predicted molar refractivity (Wildman–Crippen MR) is 54.3 cm³/mol. The van der Waals surface area contributed by atoms with Gasteiger partial charge in [-0.3, -0.25) is 4.68 Å². The number of aromatic nitrogens is 2. The minimum atomic E-state index is -4.51. The van der Waals surface area contributed by atoms with E-state index in [0.717, 1.165) is 6.20 Å². The molecule has 17 heavy (non-hydrogen) atoms. The highest BCUT2D eigenvalue weighted by Gasteiger charge is 2.31. The minimum absolute atomic E-state index is 0.297. The standard InChI is InChI=1S/C8H10F3N2O3P/c1-17(2,16)6-5(7(14)15)3-13(12-6)4-8(9,10)11/h3H,4H2,1-2H3,(H,14,15). The van der Waals surface area contributed by atoms with Crippen LogP contribution in [0.1, 0.15) is 10.4 Å². The van der Waals surface area contributed by atoms with Gasteiger partial charge in [-0.05, 0) is 13.3 Å². The van der Waals surface area contributed by atoms with E-state index in [2.05, 4.69) is 5.10 Å². The molecule has 0 bridgehead atoms. The van der Waals surface area contributed by atoms with E-state index in [9.17, 15) is 22.5 Å². The third-order valence-corrected chi connectivity index (χ3v) is 3.17. The molecule has 0 aliphatic rings. The summed E-state index contributed by atoms with van der Waals surface area (Å²) in [7, 11) is -3.03. The normalized spacial score (nSPS) is 12.8. The van der Waals surface area contributed by atoms with Gasteiger partial charge < -0.3 is 9.67 Å². The molecular formula is C8H10F3N2O3P. The molecule has 1 N–H and O–H groups in total. The summed E-state index contributed by atoms with van der Waals surface area (Å²) < 4.78 is 48.5. The SMILES string of the molecule is CP(C)(=O)c1nn(CC(F)(F)F)cc1C(=O)O. The van der Waals surface area contributed by atoms with E-state index in [1.165, 1.54) is 13.3 Å². The van der Waals surface area contributed by atoms with E-state index in [-0.39, 0.29) is 5.44 Å². The lowest BCUT2D eigenvalue weighted by Crippen LogP contribution is -2.20. The van der Waals surface area contributed by atoms with Gasteiger partial charge in [-0.25, -0.2) is 4.79 Å². The second kappa shape index (κ2) is 4.18. The van der Waals surface area contributed by atoms with Crippen LogP contribution in [0.3, 0.4) is 0 Å². The molecule has 1 rings (SSSR count). The van der Waals surface area contributed by atoms with Gasteiger partial charge in [0.15, 0.2) is 0 Å². The van der Waals surface area contributed by atoms with Gasteiger partial charge in [-0.2, -0.15) is 18.3 Å². The first-order valence-corrected chi connectivity index (χ1v) is 7.04. The maximum atomic E-state index is 12.1. The Morgan fingerprint density at radius 2 is 2.06 bits per heavy atom. The summed E-state index contributed by atoms with van der Waals surface area (Å²) in [5.74, 6) is -1.45. The first-order chi connectivity index (χ1) is 7.50. The maximum absolute atomic E-state index is 12.1. The first kappa shape index (κ1) is 13.8. The number of alkyl halides is 3. The molecule has 0 amide bonds. The molecule has 5 nitrogen and oxygen atoms in total. The Hall–Kier alpha value is -1.30.